The number of rotatable bonds is 5. The summed E-state index contributed by atoms with van der Waals surface area (Å²) in [7, 11) is 5.55. The number of carboxylic acids is 1. The standard InChI is InChI=1S/C10H17N3O2Se/c1-13(2,3)8(9(14)15)5-7-6-11-10(12-7)16-4/h6,8H,5H2,1-4H3,(H-,11,12,14,15)/t8-/m0/s1. The molecule has 0 saturated carbocycles. The van der Waals surface area contributed by atoms with Crippen LogP contribution in [0.2, 0.25) is 5.82 Å². The summed E-state index contributed by atoms with van der Waals surface area (Å²) in [6, 6.07) is -0.558. The minimum absolute atomic E-state index is 0.311. The number of nitrogens with one attached hydrogen (secondary N) is 1. The second-order valence-electron chi connectivity index (χ2n) is 4.57. The van der Waals surface area contributed by atoms with Gasteiger partial charge in [0, 0.05) is 0 Å². The molecule has 0 aliphatic rings. The molecule has 0 bridgehead atoms. The molecule has 1 atom stereocenters. The molecule has 1 aromatic heterocycles. The van der Waals surface area contributed by atoms with Crippen LogP contribution >= 0.6 is 0 Å². The van der Waals surface area contributed by atoms with Gasteiger partial charge in [0.15, 0.2) is 0 Å². The van der Waals surface area contributed by atoms with Crippen LogP contribution in [0.1, 0.15) is 5.69 Å². The first-order valence-corrected chi connectivity index (χ1v) is 7.51. The maximum atomic E-state index is 11.1. The predicted molar refractivity (Wildman–Crippen MR) is 60.4 cm³/mol. The first-order chi connectivity index (χ1) is 7.34. The Kier molecular flexibility index (Phi) is 4.13. The van der Waals surface area contributed by atoms with Gasteiger partial charge in [-0.2, -0.15) is 0 Å². The van der Waals surface area contributed by atoms with Crippen molar-refractivity contribution < 1.29 is 14.4 Å². The summed E-state index contributed by atoms with van der Waals surface area (Å²) < 4.78 is 1.29. The fraction of sp³-hybridized carbons (Fsp3) is 0.600. The number of carboxylic acid groups (broad SMARTS) is 1. The van der Waals surface area contributed by atoms with Crippen molar-refractivity contribution in [3.05, 3.63) is 11.9 Å². The van der Waals surface area contributed by atoms with Gasteiger partial charge in [-0.3, -0.25) is 0 Å². The number of carbonyl (C=O) groups excluding carboxylic acids is 1. The Morgan fingerprint density at radius 3 is 2.62 bits per heavy atom. The van der Waals surface area contributed by atoms with Gasteiger partial charge in [0.05, 0.1) is 0 Å². The molecule has 0 saturated heterocycles. The van der Waals surface area contributed by atoms with E-state index in [4.69, 9.17) is 0 Å². The molecular formula is C10H17N3O2Se. The van der Waals surface area contributed by atoms with E-state index in [1.807, 2.05) is 21.1 Å². The SMILES string of the molecule is C[Se]c1ncc(C[C@@H](C(=O)[O-])[N+](C)(C)C)[nH]1. The van der Waals surface area contributed by atoms with E-state index in [0.717, 1.165) is 10.4 Å². The molecule has 1 aromatic rings. The summed E-state index contributed by atoms with van der Waals surface area (Å²) in [5, 5.41) is 11.1. The Hall–Kier alpha value is -0.841. The van der Waals surface area contributed by atoms with Crippen molar-refractivity contribution in [3.63, 3.8) is 0 Å². The summed E-state index contributed by atoms with van der Waals surface area (Å²) in [5.41, 5.74) is 0.862. The Morgan fingerprint density at radius 1 is 1.62 bits per heavy atom. The van der Waals surface area contributed by atoms with Crippen molar-refractivity contribution in [3.8, 4) is 0 Å². The number of imidazole rings is 1. The van der Waals surface area contributed by atoms with Crippen LogP contribution in [-0.4, -0.2) is 62.6 Å². The van der Waals surface area contributed by atoms with Gasteiger partial charge < -0.3 is 0 Å². The summed E-state index contributed by atoms with van der Waals surface area (Å²) >= 11 is 0.311. The molecule has 1 N–H and O–H groups in total. The number of hydrogen-bond acceptors (Lipinski definition) is 3. The van der Waals surface area contributed by atoms with Crippen molar-refractivity contribution in [2.75, 3.05) is 21.1 Å². The van der Waals surface area contributed by atoms with E-state index in [9.17, 15) is 9.90 Å². The monoisotopic (exact) mass is 291 g/mol. The zero-order valence-electron chi connectivity index (χ0n) is 9.98. The van der Waals surface area contributed by atoms with Gasteiger partial charge in [-0.1, -0.05) is 0 Å². The number of H-pyrrole nitrogens is 1. The zero-order chi connectivity index (χ0) is 12.3. The molecule has 0 radical (unpaired) electrons. The summed E-state index contributed by atoms with van der Waals surface area (Å²) in [5.74, 6) is 1.04. The van der Waals surface area contributed by atoms with Crippen LogP contribution in [0.4, 0.5) is 0 Å². The van der Waals surface area contributed by atoms with Gasteiger partial charge >= 0.3 is 101 Å². The number of nitrogens with zero attached hydrogens (tertiary/aromatic N) is 2. The second kappa shape index (κ2) is 4.99. The fourth-order valence-electron chi connectivity index (χ4n) is 1.43. The molecule has 0 spiro atoms. The van der Waals surface area contributed by atoms with Gasteiger partial charge in [-0.05, 0) is 0 Å². The van der Waals surface area contributed by atoms with Gasteiger partial charge in [-0.25, -0.2) is 0 Å². The third-order valence-electron chi connectivity index (χ3n) is 2.42. The molecule has 0 aliphatic heterocycles. The van der Waals surface area contributed by atoms with Crippen LogP contribution in [0.3, 0.4) is 0 Å². The van der Waals surface area contributed by atoms with Crippen LogP contribution in [0.15, 0.2) is 6.20 Å². The van der Waals surface area contributed by atoms with E-state index in [1.165, 1.54) is 0 Å². The molecule has 0 unspecified atom stereocenters. The first kappa shape index (κ1) is 13.2. The number of aromatic amines is 1. The first-order valence-electron chi connectivity index (χ1n) is 4.94. The predicted octanol–water partition coefficient (Wildman–Crippen LogP) is -1.85. The van der Waals surface area contributed by atoms with Crippen LogP contribution < -0.4 is 9.83 Å². The summed E-state index contributed by atoms with van der Waals surface area (Å²) in [6.07, 6.45) is 2.14. The van der Waals surface area contributed by atoms with Crippen molar-refractivity contribution in [1.82, 2.24) is 9.97 Å². The number of hydrogen-bond donors (Lipinski definition) is 1. The van der Waals surface area contributed by atoms with Crippen LogP contribution in [-0.2, 0) is 11.2 Å². The number of carbonyl (C=O) groups is 1. The second-order valence-corrected chi connectivity index (χ2v) is 6.24. The molecule has 1 rings (SSSR count). The van der Waals surface area contributed by atoms with E-state index in [-0.39, 0.29) is 0 Å². The number of aliphatic carboxylic acids is 1. The topological polar surface area (TPSA) is 68.8 Å². The molecule has 0 fully saturated rings. The molecule has 6 heteroatoms. The average Bonchev–Trinajstić information content (AvgIpc) is 2.59. The number of likely N-dealkylation sites (N-methyl/N-ethyl adjacent to an activating group) is 1. The molecule has 1 heterocycles. The number of quaternary nitrogens is 1. The molecule has 0 aromatic carbocycles. The van der Waals surface area contributed by atoms with Gasteiger partial charge in [0.2, 0.25) is 0 Å². The Labute approximate surface area is 102 Å². The molecular weight excluding hydrogens is 273 g/mol. The molecule has 5 nitrogen and oxygen atoms in total. The Bertz CT molecular complexity index is 370. The van der Waals surface area contributed by atoms with Crippen molar-refractivity contribution in [1.29, 1.82) is 0 Å². The van der Waals surface area contributed by atoms with E-state index in [1.54, 1.807) is 6.20 Å². The quantitative estimate of drug-likeness (QED) is 0.511. The van der Waals surface area contributed by atoms with Crippen LogP contribution in [0.25, 0.3) is 0 Å². The summed E-state index contributed by atoms with van der Waals surface area (Å²) in [6.45, 7) is 0. The molecule has 90 valence electrons. The van der Waals surface area contributed by atoms with Crippen molar-refractivity contribution in [2.45, 2.75) is 18.3 Å². The minimum atomic E-state index is -1.02. The normalized spacial score (nSPS) is 13.8. The Morgan fingerprint density at radius 2 is 2.25 bits per heavy atom. The molecule has 0 amide bonds. The van der Waals surface area contributed by atoms with Crippen molar-refractivity contribution >= 4 is 25.6 Å². The van der Waals surface area contributed by atoms with Gasteiger partial charge in [0.1, 0.15) is 0 Å². The van der Waals surface area contributed by atoms with Crippen molar-refractivity contribution in [2.24, 2.45) is 0 Å². The summed E-state index contributed by atoms with van der Waals surface area (Å²) in [4.78, 5) is 18.4. The van der Waals surface area contributed by atoms with Gasteiger partial charge in [0.25, 0.3) is 0 Å². The van der Waals surface area contributed by atoms with Crippen LogP contribution in [0.5, 0.6) is 0 Å². The average molecular weight is 290 g/mol. The third-order valence-corrected chi connectivity index (χ3v) is 3.67. The van der Waals surface area contributed by atoms with E-state index in [0.29, 0.717) is 25.9 Å². The zero-order valence-corrected chi connectivity index (χ0v) is 11.7. The van der Waals surface area contributed by atoms with E-state index in [2.05, 4.69) is 15.8 Å². The third kappa shape index (κ3) is 3.33. The maximum absolute atomic E-state index is 11.1. The molecule has 0 aliphatic carbocycles. The van der Waals surface area contributed by atoms with Gasteiger partial charge in [-0.15, -0.1) is 0 Å². The fourth-order valence-corrected chi connectivity index (χ4v) is 2.25. The molecule has 16 heavy (non-hydrogen) atoms. The van der Waals surface area contributed by atoms with E-state index >= 15 is 0 Å². The number of aromatic nitrogens is 2. The Balaban J connectivity index is 2.80. The van der Waals surface area contributed by atoms with Crippen LogP contribution in [0, 0.1) is 0 Å². The van der Waals surface area contributed by atoms with E-state index < -0.39 is 12.0 Å².